The summed E-state index contributed by atoms with van der Waals surface area (Å²) < 4.78 is 0. The fourth-order valence-corrected chi connectivity index (χ4v) is 2.87. The molecule has 1 N–H and O–H groups in total. The number of nitrogens with zero attached hydrogens (tertiary/aromatic N) is 2. The van der Waals surface area contributed by atoms with Gasteiger partial charge in [-0.15, -0.1) is 0 Å². The summed E-state index contributed by atoms with van der Waals surface area (Å²) in [7, 11) is 0. The number of fused-ring (bicyclic) bond motifs is 1. The van der Waals surface area contributed by atoms with Gasteiger partial charge in [0.2, 0.25) is 5.91 Å². The average Bonchev–Trinajstić information content (AvgIpc) is 2.85. The monoisotopic (exact) mass is 357 g/mol. The van der Waals surface area contributed by atoms with E-state index in [1.165, 1.54) is 6.20 Å². The van der Waals surface area contributed by atoms with E-state index < -0.39 is 11.8 Å². The first kappa shape index (κ1) is 17.1. The maximum Gasteiger partial charge on any atom is 0.280 e. The number of amides is 3. The largest absolute Gasteiger partial charge is 0.356 e. The summed E-state index contributed by atoms with van der Waals surface area (Å²) >= 11 is 5.91. The van der Waals surface area contributed by atoms with Gasteiger partial charge in [0.25, 0.3) is 11.8 Å². The smallest absolute Gasteiger partial charge is 0.280 e. The fraction of sp³-hybridized carbons (Fsp3) is 0.222. The number of aromatic nitrogens is 1. The molecule has 128 valence electrons. The Morgan fingerprint density at radius 1 is 1.16 bits per heavy atom. The molecule has 0 unspecified atom stereocenters. The molecule has 2 aromatic rings. The first-order valence-corrected chi connectivity index (χ1v) is 8.26. The molecular weight excluding hydrogens is 342 g/mol. The van der Waals surface area contributed by atoms with Crippen molar-refractivity contribution in [3.8, 4) is 0 Å². The van der Waals surface area contributed by atoms with Crippen LogP contribution in [0.15, 0.2) is 42.6 Å². The Kier molecular flexibility index (Phi) is 5.09. The number of benzene rings is 1. The Morgan fingerprint density at radius 3 is 2.76 bits per heavy atom. The molecular formula is C18H16ClN3O3. The summed E-state index contributed by atoms with van der Waals surface area (Å²) in [6.07, 6.45) is 2.18. The molecule has 1 aromatic carbocycles. The van der Waals surface area contributed by atoms with Crippen molar-refractivity contribution in [1.82, 2.24) is 15.2 Å². The molecule has 0 atom stereocenters. The van der Waals surface area contributed by atoms with Crippen molar-refractivity contribution in [3.05, 3.63) is 64.4 Å². The van der Waals surface area contributed by atoms with Crippen LogP contribution in [0.5, 0.6) is 0 Å². The van der Waals surface area contributed by atoms with E-state index >= 15 is 0 Å². The first-order valence-electron chi connectivity index (χ1n) is 7.88. The molecule has 7 heteroatoms. The van der Waals surface area contributed by atoms with Crippen molar-refractivity contribution in [3.63, 3.8) is 0 Å². The van der Waals surface area contributed by atoms with Crippen LogP contribution in [0.2, 0.25) is 5.02 Å². The van der Waals surface area contributed by atoms with Gasteiger partial charge in [0.05, 0.1) is 5.56 Å². The summed E-state index contributed by atoms with van der Waals surface area (Å²) in [6, 6.07) is 10.6. The molecule has 2 heterocycles. The van der Waals surface area contributed by atoms with Gasteiger partial charge in [0, 0.05) is 30.7 Å². The molecule has 1 aliphatic heterocycles. The maximum absolute atomic E-state index is 12.2. The van der Waals surface area contributed by atoms with Gasteiger partial charge in [-0.1, -0.05) is 23.7 Å². The van der Waals surface area contributed by atoms with Crippen LogP contribution in [0.3, 0.4) is 0 Å². The standard InChI is InChI=1S/C18H16ClN3O3/c19-13-4-1-3-12(11-13)6-9-20-15(23)7-10-22-17(24)14-5-2-8-21-16(14)18(22)25/h1-5,8,11H,6-7,9-10H2,(H,20,23). The van der Waals surface area contributed by atoms with Gasteiger partial charge < -0.3 is 5.32 Å². The van der Waals surface area contributed by atoms with E-state index in [1.54, 1.807) is 18.2 Å². The highest BCUT2D eigenvalue weighted by atomic mass is 35.5. The molecule has 0 saturated heterocycles. The van der Waals surface area contributed by atoms with Gasteiger partial charge in [-0.2, -0.15) is 0 Å². The van der Waals surface area contributed by atoms with Crippen LogP contribution < -0.4 is 5.32 Å². The first-order chi connectivity index (χ1) is 12.1. The zero-order valence-electron chi connectivity index (χ0n) is 13.4. The third-order valence-corrected chi connectivity index (χ3v) is 4.15. The molecule has 3 amide bonds. The van der Waals surface area contributed by atoms with Crippen LogP contribution in [0, 0.1) is 0 Å². The van der Waals surface area contributed by atoms with Crippen molar-refractivity contribution in [2.75, 3.05) is 13.1 Å². The molecule has 0 saturated carbocycles. The molecule has 0 spiro atoms. The predicted octanol–water partition coefficient (Wildman–Crippen LogP) is 2.08. The SMILES string of the molecule is O=C(CCN1C(=O)c2cccnc2C1=O)NCCc1cccc(Cl)c1. The summed E-state index contributed by atoms with van der Waals surface area (Å²) in [5, 5.41) is 3.43. The highest BCUT2D eigenvalue weighted by molar-refractivity contribution is 6.30. The zero-order valence-corrected chi connectivity index (χ0v) is 14.1. The van der Waals surface area contributed by atoms with Crippen molar-refractivity contribution in [1.29, 1.82) is 0 Å². The number of nitrogens with one attached hydrogen (secondary N) is 1. The molecule has 1 aliphatic rings. The van der Waals surface area contributed by atoms with E-state index in [1.807, 2.05) is 18.2 Å². The Balaban J connectivity index is 1.47. The van der Waals surface area contributed by atoms with Crippen molar-refractivity contribution in [2.45, 2.75) is 12.8 Å². The second-order valence-corrected chi connectivity index (χ2v) is 6.08. The van der Waals surface area contributed by atoms with Crippen LogP contribution in [-0.2, 0) is 11.2 Å². The Morgan fingerprint density at radius 2 is 2.00 bits per heavy atom. The van der Waals surface area contributed by atoms with Crippen LogP contribution >= 0.6 is 11.6 Å². The Hall–Kier alpha value is -2.73. The van der Waals surface area contributed by atoms with Crippen LogP contribution in [-0.4, -0.2) is 40.7 Å². The molecule has 0 fully saturated rings. The van der Waals surface area contributed by atoms with E-state index in [0.717, 1.165) is 10.5 Å². The third kappa shape index (κ3) is 3.85. The number of imide groups is 1. The molecule has 0 bridgehead atoms. The average molecular weight is 358 g/mol. The fourth-order valence-electron chi connectivity index (χ4n) is 2.66. The number of hydrogen-bond acceptors (Lipinski definition) is 4. The molecule has 1 aromatic heterocycles. The lowest BCUT2D eigenvalue weighted by Gasteiger charge is -2.13. The maximum atomic E-state index is 12.2. The number of pyridine rings is 1. The van der Waals surface area contributed by atoms with Crippen molar-refractivity contribution < 1.29 is 14.4 Å². The van der Waals surface area contributed by atoms with Crippen LogP contribution in [0.1, 0.15) is 32.8 Å². The predicted molar refractivity (Wildman–Crippen MR) is 92.4 cm³/mol. The van der Waals surface area contributed by atoms with Crippen LogP contribution in [0.25, 0.3) is 0 Å². The third-order valence-electron chi connectivity index (χ3n) is 3.92. The minimum absolute atomic E-state index is 0.0387. The Labute approximate surface area is 149 Å². The Bertz CT molecular complexity index is 803. The van der Waals surface area contributed by atoms with Gasteiger partial charge in [-0.3, -0.25) is 24.3 Å². The minimum atomic E-state index is -0.452. The summed E-state index contributed by atoms with van der Waals surface area (Å²) in [6.45, 7) is 0.500. The number of carbonyl (C=O) groups is 3. The summed E-state index contributed by atoms with van der Waals surface area (Å²) in [4.78, 5) is 41.3. The molecule has 0 aliphatic carbocycles. The van der Waals surface area contributed by atoms with Gasteiger partial charge in [0.15, 0.2) is 0 Å². The summed E-state index contributed by atoms with van der Waals surface area (Å²) in [5.41, 5.74) is 1.46. The quantitative estimate of drug-likeness (QED) is 0.803. The van der Waals surface area contributed by atoms with Crippen molar-refractivity contribution in [2.24, 2.45) is 0 Å². The van der Waals surface area contributed by atoms with E-state index in [4.69, 9.17) is 11.6 Å². The van der Waals surface area contributed by atoms with Gasteiger partial charge >= 0.3 is 0 Å². The zero-order chi connectivity index (χ0) is 17.8. The number of hydrogen-bond donors (Lipinski definition) is 1. The number of rotatable bonds is 6. The molecule has 3 rings (SSSR count). The van der Waals surface area contributed by atoms with Gasteiger partial charge in [-0.25, -0.2) is 0 Å². The topological polar surface area (TPSA) is 79.4 Å². The second-order valence-electron chi connectivity index (χ2n) is 5.64. The molecule has 0 radical (unpaired) electrons. The lowest BCUT2D eigenvalue weighted by molar-refractivity contribution is -0.121. The van der Waals surface area contributed by atoms with E-state index in [0.29, 0.717) is 18.0 Å². The van der Waals surface area contributed by atoms with Gasteiger partial charge in [-0.05, 0) is 36.2 Å². The lowest BCUT2D eigenvalue weighted by Crippen LogP contribution is -2.35. The van der Waals surface area contributed by atoms with E-state index in [2.05, 4.69) is 10.3 Å². The van der Waals surface area contributed by atoms with Gasteiger partial charge in [0.1, 0.15) is 5.69 Å². The minimum Gasteiger partial charge on any atom is -0.356 e. The molecule has 25 heavy (non-hydrogen) atoms. The molecule has 6 nitrogen and oxygen atoms in total. The highest BCUT2D eigenvalue weighted by Gasteiger charge is 2.36. The number of halogens is 1. The van der Waals surface area contributed by atoms with E-state index in [-0.39, 0.29) is 30.1 Å². The second kappa shape index (κ2) is 7.44. The van der Waals surface area contributed by atoms with Crippen molar-refractivity contribution >= 4 is 29.3 Å². The normalized spacial score (nSPS) is 13.1. The highest BCUT2D eigenvalue weighted by Crippen LogP contribution is 2.20. The lowest BCUT2D eigenvalue weighted by atomic mass is 10.1. The van der Waals surface area contributed by atoms with Crippen LogP contribution in [0.4, 0.5) is 0 Å². The number of carbonyl (C=O) groups excluding carboxylic acids is 3. The summed E-state index contributed by atoms with van der Waals surface area (Å²) in [5.74, 6) is -1.07. The van der Waals surface area contributed by atoms with E-state index in [9.17, 15) is 14.4 Å².